The normalized spacial score (nSPS) is 11.8. The van der Waals surface area contributed by atoms with Crippen LogP contribution in [0.3, 0.4) is 0 Å². The molecule has 3 aromatic rings. The number of carbonyl (C=O) groups excluding carboxylic acids is 2. The van der Waals surface area contributed by atoms with Gasteiger partial charge in [0.1, 0.15) is 11.3 Å². The van der Waals surface area contributed by atoms with E-state index in [2.05, 4.69) is 22.4 Å². The summed E-state index contributed by atoms with van der Waals surface area (Å²) in [6.45, 7) is 7.10. The van der Waals surface area contributed by atoms with E-state index in [9.17, 15) is 9.59 Å². The Labute approximate surface area is 157 Å². The summed E-state index contributed by atoms with van der Waals surface area (Å²) in [6, 6.07) is 13.5. The van der Waals surface area contributed by atoms with Crippen molar-refractivity contribution in [1.82, 2.24) is 15.8 Å². The minimum atomic E-state index is -0.417. The fourth-order valence-corrected chi connectivity index (χ4v) is 2.99. The van der Waals surface area contributed by atoms with Crippen LogP contribution < -0.4 is 10.6 Å². The van der Waals surface area contributed by atoms with Crippen LogP contribution in [0.25, 0.3) is 10.8 Å². The van der Waals surface area contributed by atoms with Gasteiger partial charge in [0.05, 0.1) is 11.7 Å². The minimum absolute atomic E-state index is 0.234. The number of rotatable bonds is 6. The molecule has 2 N–H and O–H groups in total. The van der Waals surface area contributed by atoms with Crippen molar-refractivity contribution in [2.75, 3.05) is 6.54 Å². The van der Waals surface area contributed by atoms with Gasteiger partial charge in [0.25, 0.3) is 5.91 Å². The van der Waals surface area contributed by atoms with Gasteiger partial charge >= 0.3 is 0 Å². The van der Waals surface area contributed by atoms with Gasteiger partial charge in [0.2, 0.25) is 5.91 Å². The summed E-state index contributed by atoms with van der Waals surface area (Å²) in [5, 5.41) is 11.7. The van der Waals surface area contributed by atoms with Crippen molar-refractivity contribution in [3.8, 4) is 0 Å². The summed E-state index contributed by atoms with van der Waals surface area (Å²) < 4.78 is 5.08. The zero-order chi connectivity index (χ0) is 19.4. The molecule has 0 aliphatic rings. The maximum absolute atomic E-state index is 12.8. The first-order valence-corrected chi connectivity index (χ1v) is 8.62. The van der Waals surface area contributed by atoms with Crippen LogP contribution in [0.4, 0.5) is 0 Å². The fraction of sp³-hybridized carbons (Fsp3) is 0.190. The van der Waals surface area contributed by atoms with E-state index in [1.54, 1.807) is 13.8 Å². The zero-order valence-electron chi connectivity index (χ0n) is 15.3. The molecule has 0 bridgehead atoms. The highest BCUT2D eigenvalue weighted by atomic mass is 16.5. The number of aryl methyl sites for hydroxylation is 2. The average molecular weight is 363 g/mol. The third-order valence-electron chi connectivity index (χ3n) is 4.41. The lowest BCUT2D eigenvalue weighted by Gasteiger charge is -2.20. The van der Waals surface area contributed by atoms with Crippen molar-refractivity contribution in [3.63, 3.8) is 0 Å². The quantitative estimate of drug-likeness (QED) is 0.659. The maximum Gasteiger partial charge on any atom is 0.257 e. The zero-order valence-corrected chi connectivity index (χ0v) is 15.3. The van der Waals surface area contributed by atoms with Crippen LogP contribution in [0.15, 0.2) is 59.6 Å². The molecule has 0 aliphatic heterocycles. The smallest absolute Gasteiger partial charge is 0.257 e. The monoisotopic (exact) mass is 363 g/mol. The van der Waals surface area contributed by atoms with Crippen molar-refractivity contribution in [2.45, 2.75) is 19.9 Å². The summed E-state index contributed by atoms with van der Waals surface area (Å²) in [4.78, 5) is 24.4. The molecule has 0 aliphatic carbocycles. The Morgan fingerprint density at radius 3 is 2.59 bits per heavy atom. The van der Waals surface area contributed by atoms with E-state index in [4.69, 9.17) is 4.52 Å². The molecule has 0 saturated carbocycles. The van der Waals surface area contributed by atoms with Gasteiger partial charge in [-0.3, -0.25) is 9.59 Å². The van der Waals surface area contributed by atoms with Crippen molar-refractivity contribution >= 4 is 22.6 Å². The molecule has 27 heavy (non-hydrogen) atoms. The number of hydrogen-bond donors (Lipinski definition) is 2. The lowest BCUT2D eigenvalue weighted by atomic mass is 10.0. The molecule has 2 aromatic carbocycles. The second-order valence-corrected chi connectivity index (χ2v) is 6.28. The lowest BCUT2D eigenvalue weighted by molar-refractivity contribution is -0.116. The number of carbonyl (C=O) groups is 2. The fourth-order valence-electron chi connectivity index (χ4n) is 2.99. The van der Waals surface area contributed by atoms with Crippen molar-refractivity contribution in [1.29, 1.82) is 0 Å². The summed E-state index contributed by atoms with van der Waals surface area (Å²) in [5.41, 5.74) is 1.83. The molecule has 2 amide bonds. The van der Waals surface area contributed by atoms with Crippen LogP contribution in [0.1, 0.15) is 33.4 Å². The highest BCUT2D eigenvalue weighted by Crippen LogP contribution is 2.21. The summed E-state index contributed by atoms with van der Waals surface area (Å²) in [6.07, 6.45) is 1.20. The standard InChI is InChI=1S/C21H21N3O3/c1-4-19(25)22-12-18(23-21(26)20-13(2)24-27-14(20)3)17-10-9-15-7-5-6-8-16(15)11-17/h4-11,18H,1,12H2,2-3H3,(H,22,25)(H,23,26). The SMILES string of the molecule is C=CC(=O)NCC(NC(=O)c1c(C)noc1C)c1ccc2ccccc2c1. The van der Waals surface area contributed by atoms with E-state index in [0.29, 0.717) is 17.0 Å². The molecule has 0 fully saturated rings. The van der Waals surface area contributed by atoms with E-state index in [1.807, 2.05) is 42.5 Å². The molecule has 1 heterocycles. The van der Waals surface area contributed by atoms with E-state index >= 15 is 0 Å². The maximum atomic E-state index is 12.8. The second-order valence-electron chi connectivity index (χ2n) is 6.28. The van der Waals surface area contributed by atoms with E-state index < -0.39 is 6.04 Å². The number of fused-ring (bicyclic) bond motifs is 1. The predicted octanol–water partition coefficient (Wildman–Crippen LogP) is 3.22. The van der Waals surface area contributed by atoms with Gasteiger partial charge in [-0.15, -0.1) is 0 Å². The Balaban J connectivity index is 1.90. The first-order valence-electron chi connectivity index (χ1n) is 8.62. The third-order valence-corrected chi connectivity index (χ3v) is 4.41. The third kappa shape index (κ3) is 4.06. The molecule has 0 saturated heterocycles. The van der Waals surface area contributed by atoms with E-state index in [-0.39, 0.29) is 18.4 Å². The molecule has 1 unspecified atom stereocenters. The molecule has 3 rings (SSSR count). The van der Waals surface area contributed by atoms with Gasteiger partial charge in [-0.1, -0.05) is 48.1 Å². The number of nitrogens with zero attached hydrogens (tertiary/aromatic N) is 1. The molecule has 1 atom stereocenters. The Morgan fingerprint density at radius 1 is 1.19 bits per heavy atom. The van der Waals surface area contributed by atoms with Crippen LogP contribution in [0.5, 0.6) is 0 Å². The Kier molecular flexibility index (Phi) is 5.35. The van der Waals surface area contributed by atoms with Crippen molar-refractivity contribution in [3.05, 3.63) is 77.7 Å². The van der Waals surface area contributed by atoms with Crippen LogP contribution >= 0.6 is 0 Å². The Hall–Kier alpha value is -3.41. The molecular formula is C21H21N3O3. The number of aromatic nitrogens is 1. The molecule has 138 valence electrons. The average Bonchev–Trinajstić information content (AvgIpc) is 3.02. The second kappa shape index (κ2) is 7.86. The largest absolute Gasteiger partial charge is 0.361 e. The topological polar surface area (TPSA) is 84.2 Å². The van der Waals surface area contributed by atoms with E-state index in [1.165, 1.54) is 6.08 Å². The first kappa shape index (κ1) is 18.4. The Morgan fingerprint density at radius 2 is 1.93 bits per heavy atom. The van der Waals surface area contributed by atoms with Crippen LogP contribution in [-0.4, -0.2) is 23.5 Å². The molecule has 1 aromatic heterocycles. The van der Waals surface area contributed by atoms with Gasteiger partial charge in [-0.25, -0.2) is 0 Å². The number of amides is 2. The molecule has 6 nitrogen and oxygen atoms in total. The lowest BCUT2D eigenvalue weighted by Crippen LogP contribution is -2.37. The van der Waals surface area contributed by atoms with Gasteiger partial charge in [0.15, 0.2) is 0 Å². The molecule has 0 spiro atoms. The summed E-state index contributed by atoms with van der Waals surface area (Å²) in [5.74, 6) is -0.137. The van der Waals surface area contributed by atoms with Crippen LogP contribution in [0.2, 0.25) is 0 Å². The van der Waals surface area contributed by atoms with Gasteiger partial charge < -0.3 is 15.2 Å². The van der Waals surface area contributed by atoms with Gasteiger partial charge in [0, 0.05) is 6.54 Å². The number of benzene rings is 2. The Bertz CT molecular complexity index is 987. The minimum Gasteiger partial charge on any atom is -0.361 e. The molecule has 6 heteroatoms. The van der Waals surface area contributed by atoms with Gasteiger partial charge in [-0.05, 0) is 42.3 Å². The first-order chi connectivity index (χ1) is 13.0. The molecular weight excluding hydrogens is 342 g/mol. The number of hydrogen-bond acceptors (Lipinski definition) is 4. The number of nitrogens with one attached hydrogen (secondary N) is 2. The van der Waals surface area contributed by atoms with Crippen molar-refractivity contribution in [2.24, 2.45) is 0 Å². The highest BCUT2D eigenvalue weighted by molar-refractivity contribution is 5.96. The van der Waals surface area contributed by atoms with Crippen molar-refractivity contribution < 1.29 is 14.1 Å². The van der Waals surface area contributed by atoms with Gasteiger partial charge in [-0.2, -0.15) is 0 Å². The molecule has 0 radical (unpaired) electrons. The highest BCUT2D eigenvalue weighted by Gasteiger charge is 2.22. The van der Waals surface area contributed by atoms with E-state index in [0.717, 1.165) is 16.3 Å². The van der Waals surface area contributed by atoms with Crippen LogP contribution in [-0.2, 0) is 4.79 Å². The summed E-state index contributed by atoms with van der Waals surface area (Å²) in [7, 11) is 0. The van der Waals surface area contributed by atoms with Crippen LogP contribution in [0, 0.1) is 13.8 Å². The summed E-state index contributed by atoms with van der Waals surface area (Å²) >= 11 is 0. The predicted molar refractivity (Wildman–Crippen MR) is 103 cm³/mol.